The summed E-state index contributed by atoms with van der Waals surface area (Å²) in [7, 11) is 1.80. The maximum atomic E-state index is 11.1. The molecule has 6 heteroatoms. The van der Waals surface area contributed by atoms with E-state index < -0.39 is 5.97 Å². The Kier molecular flexibility index (Phi) is 4.70. The summed E-state index contributed by atoms with van der Waals surface area (Å²) in [6, 6.07) is 8.75. The van der Waals surface area contributed by atoms with Gasteiger partial charge in [0, 0.05) is 18.3 Å². The number of hydrogen-bond donors (Lipinski definition) is 1. The Hall–Kier alpha value is -1.78. The van der Waals surface area contributed by atoms with Crippen molar-refractivity contribution in [3.63, 3.8) is 0 Å². The minimum Gasteiger partial charge on any atom is -0.478 e. The number of pyridine rings is 1. The molecular formula is C15H14Cl2N2O2. The Morgan fingerprint density at radius 3 is 2.57 bits per heavy atom. The van der Waals surface area contributed by atoms with Crippen LogP contribution in [0.25, 0.3) is 0 Å². The summed E-state index contributed by atoms with van der Waals surface area (Å²) in [5, 5.41) is 9.88. The molecule has 0 aliphatic rings. The number of hydrogen-bond acceptors (Lipinski definition) is 3. The van der Waals surface area contributed by atoms with Crippen molar-refractivity contribution < 1.29 is 9.90 Å². The smallest absolute Gasteiger partial charge is 0.337 e. The van der Waals surface area contributed by atoms with Crippen LogP contribution < -0.4 is 4.90 Å². The average molecular weight is 325 g/mol. The van der Waals surface area contributed by atoms with E-state index in [4.69, 9.17) is 28.3 Å². The van der Waals surface area contributed by atoms with Crippen molar-refractivity contribution in [2.24, 2.45) is 0 Å². The molecule has 0 fully saturated rings. The van der Waals surface area contributed by atoms with Crippen LogP contribution in [0.2, 0.25) is 10.0 Å². The van der Waals surface area contributed by atoms with Gasteiger partial charge in [-0.2, -0.15) is 0 Å². The third-order valence-corrected chi connectivity index (χ3v) is 4.09. The topological polar surface area (TPSA) is 53.4 Å². The molecule has 21 heavy (non-hydrogen) atoms. The summed E-state index contributed by atoms with van der Waals surface area (Å²) < 4.78 is 0. The molecule has 0 saturated carbocycles. The Morgan fingerprint density at radius 2 is 1.95 bits per heavy atom. The lowest BCUT2D eigenvalue weighted by Crippen LogP contribution is -2.23. The first-order valence-corrected chi connectivity index (χ1v) is 7.04. The summed E-state index contributed by atoms with van der Waals surface area (Å²) in [4.78, 5) is 17.1. The Labute approximate surface area is 132 Å². The zero-order valence-corrected chi connectivity index (χ0v) is 13.1. The van der Waals surface area contributed by atoms with E-state index in [0.29, 0.717) is 10.8 Å². The lowest BCUT2D eigenvalue weighted by atomic mass is 10.1. The largest absolute Gasteiger partial charge is 0.478 e. The lowest BCUT2D eigenvalue weighted by molar-refractivity contribution is 0.0697. The van der Waals surface area contributed by atoms with E-state index in [2.05, 4.69) is 4.98 Å². The Morgan fingerprint density at radius 1 is 1.29 bits per heavy atom. The van der Waals surface area contributed by atoms with Crippen LogP contribution in [-0.2, 0) is 0 Å². The van der Waals surface area contributed by atoms with Crippen molar-refractivity contribution in [1.82, 2.24) is 4.98 Å². The zero-order chi connectivity index (χ0) is 15.6. The molecule has 1 heterocycles. The van der Waals surface area contributed by atoms with Crippen molar-refractivity contribution in [3.05, 3.63) is 57.7 Å². The van der Waals surface area contributed by atoms with Gasteiger partial charge in [0.2, 0.25) is 0 Å². The molecule has 0 aliphatic carbocycles. The van der Waals surface area contributed by atoms with Crippen LogP contribution in [0.4, 0.5) is 5.82 Å². The summed E-state index contributed by atoms with van der Waals surface area (Å²) in [5.41, 5.74) is 0.945. The fraction of sp³-hybridized carbons (Fsp3) is 0.200. The number of aromatic carboxylic acids is 1. The lowest BCUT2D eigenvalue weighted by Gasteiger charge is -2.28. The van der Waals surface area contributed by atoms with E-state index in [1.54, 1.807) is 11.9 Å². The number of carboxylic acids is 1. The molecule has 2 aromatic rings. The van der Waals surface area contributed by atoms with E-state index in [0.717, 1.165) is 5.56 Å². The first-order valence-electron chi connectivity index (χ1n) is 6.28. The number of benzene rings is 1. The molecule has 1 unspecified atom stereocenters. The molecule has 1 aromatic carbocycles. The monoisotopic (exact) mass is 324 g/mol. The molecule has 2 rings (SSSR count). The van der Waals surface area contributed by atoms with Crippen molar-refractivity contribution in [2.75, 3.05) is 11.9 Å². The number of nitrogens with zero attached hydrogens (tertiary/aromatic N) is 2. The second-order valence-electron chi connectivity index (χ2n) is 4.61. The van der Waals surface area contributed by atoms with Gasteiger partial charge in [-0.25, -0.2) is 9.78 Å². The number of carboxylic acid groups (broad SMARTS) is 1. The van der Waals surface area contributed by atoms with E-state index in [1.807, 2.05) is 31.2 Å². The Balaban J connectivity index is 2.41. The normalized spacial score (nSPS) is 12.0. The predicted molar refractivity (Wildman–Crippen MR) is 84.5 cm³/mol. The Bertz CT molecular complexity index is 676. The van der Waals surface area contributed by atoms with Crippen LogP contribution in [0.15, 0.2) is 36.5 Å². The van der Waals surface area contributed by atoms with E-state index >= 15 is 0 Å². The van der Waals surface area contributed by atoms with Gasteiger partial charge in [-0.1, -0.05) is 41.4 Å². The molecule has 0 saturated heterocycles. The van der Waals surface area contributed by atoms with Gasteiger partial charge in [0.15, 0.2) is 0 Å². The number of aromatic nitrogens is 1. The highest BCUT2D eigenvalue weighted by Gasteiger charge is 2.21. The third kappa shape index (κ3) is 3.12. The maximum Gasteiger partial charge on any atom is 0.337 e. The van der Waals surface area contributed by atoms with Crippen LogP contribution in [-0.4, -0.2) is 23.1 Å². The molecule has 0 amide bonds. The van der Waals surface area contributed by atoms with Crippen LogP contribution in [0, 0.1) is 0 Å². The van der Waals surface area contributed by atoms with Gasteiger partial charge in [-0.05, 0) is 24.6 Å². The van der Waals surface area contributed by atoms with Gasteiger partial charge in [0.05, 0.1) is 16.6 Å². The van der Waals surface area contributed by atoms with Crippen molar-refractivity contribution in [3.8, 4) is 0 Å². The molecule has 0 bridgehead atoms. The highest BCUT2D eigenvalue weighted by molar-refractivity contribution is 6.35. The molecule has 1 N–H and O–H groups in total. The van der Waals surface area contributed by atoms with Crippen LogP contribution >= 0.6 is 23.2 Å². The summed E-state index contributed by atoms with van der Waals surface area (Å²) in [5.74, 6) is -0.675. The molecule has 1 aromatic heterocycles. The summed E-state index contributed by atoms with van der Waals surface area (Å²) in [6.45, 7) is 1.95. The van der Waals surface area contributed by atoms with E-state index in [1.165, 1.54) is 12.3 Å². The number of carbonyl (C=O) groups is 1. The molecular weight excluding hydrogens is 311 g/mol. The van der Waals surface area contributed by atoms with Crippen LogP contribution in [0.1, 0.15) is 28.9 Å². The van der Waals surface area contributed by atoms with Gasteiger partial charge in [-0.15, -0.1) is 0 Å². The van der Waals surface area contributed by atoms with Crippen LogP contribution in [0.5, 0.6) is 0 Å². The van der Waals surface area contributed by atoms with Gasteiger partial charge in [0.25, 0.3) is 0 Å². The molecule has 0 aliphatic heterocycles. The van der Waals surface area contributed by atoms with Crippen molar-refractivity contribution in [1.29, 1.82) is 0 Å². The van der Waals surface area contributed by atoms with Crippen LogP contribution in [0.3, 0.4) is 0 Å². The minimum atomic E-state index is -1.08. The maximum absolute atomic E-state index is 11.1. The highest BCUT2D eigenvalue weighted by atomic mass is 35.5. The first-order chi connectivity index (χ1) is 9.93. The number of halogens is 2. The molecule has 0 radical (unpaired) electrons. The van der Waals surface area contributed by atoms with Gasteiger partial charge >= 0.3 is 5.97 Å². The summed E-state index contributed by atoms with van der Waals surface area (Å²) >= 11 is 12.3. The molecule has 0 spiro atoms. The minimum absolute atomic E-state index is 0.0277. The highest BCUT2D eigenvalue weighted by Crippen LogP contribution is 2.33. The average Bonchev–Trinajstić information content (AvgIpc) is 2.46. The van der Waals surface area contributed by atoms with Crippen molar-refractivity contribution >= 4 is 35.0 Å². The molecule has 4 nitrogen and oxygen atoms in total. The van der Waals surface area contributed by atoms with Gasteiger partial charge < -0.3 is 10.0 Å². The van der Waals surface area contributed by atoms with Gasteiger partial charge in [-0.3, -0.25) is 0 Å². The molecule has 1 atom stereocenters. The number of anilines is 1. The second-order valence-corrected chi connectivity index (χ2v) is 5.39. The second kappa shape index (κ2) is 6.33. The molecule has 110 valence electrons. The fourth-order valence-corrected chi connectivity index (χ4v) is 2.67. The fourth-order valence-electron chi connectivity index (χ4n) is 2.05. The number of rotatable bonds is 4. The SMILES string of the molecule is CC(c1ccccc1Cl)N(C)c1nccc(C(=O)O)c1Cl. The zero-order valence-electron chi connectivity index (χ0n) is 11.5. The van der Waals surface area contributed by atoms with Crippen molar-refractivity contribution in [2.45, 2.75) is 13.0 Å². The quantitative estimate of drug-likeness (QED) is 0.911. The summed E-state index contributed by atoms with van der Waals surface area (Å²) in [6.07, 6.45) is 1.43. The first kappa shape index (κ1) is 15.6. The van der Waals surface area contributed by atoms with Gasteiger partial charge in [0.1, 0.15) is 5.82 Å². The van der Waals surface area contributed by atoms with E-state index in [9.17, 15) is 4.79 Å². The predicted octanol–water partition coefficient (Wildman–Crippen LogP) is 4.28. The third-order valence-electron chi connectivity index (χ3n) is 3.37. The standard InChI is InChI=1S/C15H14Cl2N2O2/c1-9(10-5-3-4-6-12(10)16)19(2)14-13(17)11(15(20)21)7-8-18-14/h3-9H,1-2H3,(H,20,21). The van der Waals surface area contributed by atoms with E-state index in [-0.39, 0.29) is 16.6 Å².